The number of aromatic nitrogens is 4. The van der Waals surface area contributed by atoms with E-state index in [0.29, 0.717) is 35.3 Å². The quantitative estimate of drug-likeness (QED) is 0.369. The Balaban J connectivity index is 1.60. The van der Waals surface area contributed by atoms with E-state index < -0.39 is 0 Å². The van der Waals surface area contributed by atoms with E-state index >= 15 is 0 Å². The molecule has 0 spiro atoms. The fraction of sp³-hybridized carbons (Fsp3) is 0.115. The minimum Gasteiger partial charge on any atom is -0.497 e. The molecule has 0 unspecified atom stereocenters. The van der Waals surface area contributed by atoms with Crippen LogP contribution in [0.15, 0.2) is 79.0 Å². The van der Waals surface area contributed by atoms with E-state index in [0.717, 1.165) is 22.3 Å². The molecular weight excluding hydrogens is 428 g/mol. The number of hydrogen-bond acceptors (Lipinski definition) is 7. The Labute approximate surface area is 197 Å². The summed E-state index contributed by atoms with van der Waals surface area (Å²) in [6, 6.07) is 23.5. The summed E-state index contributed by atoms with van der Waals surface area (Å²) in [6.07, 6.45) is 1.82. The second-order valence-electron chi connectivity index (χ2n) is 7.65. The number of nitrogens with two attached hydrogens (primary N) is 1. The number of rotatable bonds is 7. The minimum atomic E-state index is 0.279. The van der Waals surface area contributed by atoms with Crippen molar-refractivity contribution in [2.45, 2.75) is 6.54 Å². The third-order valence-corrected chi connectivity index (χ3v) is 5.51. The third-order valence-electron chi connectivity index (χ3n) is 5.51. The van der Waals surface area contributed by atoms with Crippen molar-refractivity contribution in [2.24, 2.45) is 0 Å². The summed E-state index contributed by atoms with van der Waals surface area (Å²) in [7, 11) is 3.26. The number of para-hydroxylation sites is 1. The van der Waals surface area contributed by atoms with Crippen molar-refractivity contribution >= 4 is 22.7 Å². The number of ether oxygens (including phenoxy) is 2. The molecular formula is C26H24N6O2. The van der Waals surface area contributed by atoms with Gasteiger partial charge in [0, 0.05) is 23.7 Å². The average Bonchev–Trinajstić information content (AvgIpc) is 3.29. The lowest BCUT2D eigenvalue weighted by Gasteiger charge is -2.13. The van der Waals surface area contributed by atoms with Gasteiger partial charge in [0.05, 0.1) is 19.9 Å². The van der Waals surface area contributed by atoms with Gasteiger partial charge in [-0.05, 0) is 29.8 Å². The molecule has 0 fully saturated rings. The predicted molar refractivity (Wildman–Crippen MR) is 133 cm³/mol. The standard InChI is InChI=1S/C26H24N6O2/c1-33-19-11-6-10-18(14-19)21-16-32(25(27)29-21)26-30-23-20(12-7-13-22(23)34-2)24(31-26)28-15-17-8-4-3-5-9-17/h3-14,16H,15H2,1-2H3,(H2,27,29)(H,28,30,31). The van der Waals surface area contributed by atoms with Gasteiger partial charge in [0.25, 0.3) is 0 Å². The molecule has 0 bridgehead atoms. The number of imidazole rings is 1. The van der Waals surface area contributed by atoms with Gasteiger partial charge in [-0.3, -0.25) is 4.57 Å². The molecule has 8 nitrogen and oxygen atoms in total. The Bertz CT molecular complexity index is 1450. The molecule has 5 aromatic rings. The number of anilines is 2. The maximum atomic E-state index is 6.30. The lowest BCUT2D eigenvalue weighted by atomic mass is 10.1. The topological polar surface area (TPSA) is 100 Å². The molecule has 170 valence electrons. The average molecular weight is 453 g/mol. The van der Waals surface area contributed by atoms with Crippen LogP contribution in [0.25, 0.3) is 28.1 Å². The predicted octanol–water partition coefficient (Wildman–Crippen LogP) is 4.69. The fourth-order valence-corrected chi connectivity index (χ4v) is 3.78. The molecule has 0 saturated carbocycles. The molecule has 2 aromatic heterocycles. The lowest BCUT2D eigenvalue weighted by Crippen LogP contribution is -2.09. The van der Waals surface area contributed by atoms with E-state index in [2.05, 4.69) is 22.4 Å². The number of nitrogens with zero attached hydrogens (tertiary/aromatic N) is 4. The maximum Gasteiger partial charge on any atom is 0.239 e. The molecule has 3 N–H and O–H groups in total. The first-order chi connectivity index (χ1) is 16.7. The molecule has 3 aromatic carbocycles. The Morgan fingerprint density at radius 1 is 0.882 bits per heavy atom. The van der Waals surface area contributed by atoms with Crippen molar-refractivity contribution in [3.05, 3.63) is 84.6 Å². The SMILES string of the molecule is COc1cccc(-c2cn(-c3nc(NCc4ccccc4)c4cccc(OC)c4n3)c(N)n2)c1. The third kappa shape index (κ3) is 4.09. The van der Waals surface area contributed by atoms with Crippen LogP contribution in [0.4, 0.5) is 11.8 Å². The van der Waals surface area contributed by atoms with Crippen molar-refractivity contribution in [1.29, 1.82) is 0 Å². The second kappa shape index (κ2) is 9.11. The van der Waals surface area contributed by atoms with Gasteiger partial charge < -0.3 is 20.5 Å². The van der Waals surface area contributed by atoms with Crippen LogP contribution in [0, 0.1) is 0 Å². The van der Waals surface area contributed by atoms with Crippen LogP contribution in [-0.2, 0) is 6.54 Å². The van der Waals surface area contributed by atoms with Crippen molar-refractivity contribution in [1.82, 2.24) is 19.5 Å². The van der Waals surface area contributed by atoms with Crippen LogP contribution in [0.5, 0.6) is 11.5 Å². The summed E-state index contributed by atoms with van der Waals surface area (Å²) < 4.78 is 12.6. The van der Waals surface area contributed by atoms with Gasteiger partial charge >= 0.3 is 0 Å². The first-order valence-corrected chi connectivity index (χ1v) is 10.8. The molecule has 0 aliphatic rings. The highest BCUT2D eigenvalue weighted by atomic mass is 16.5. The second-order valence-corrected chi connectivity index (χ2v) is 7.65. The van der Waals surface area contributed by atoms with Crippen LogP contribution in [0.2, 0.25) is 0 Å². The number of hydrogen-bond donors (Lipinski definition) is 2. The molecule has 0 radical (unpaired) electrons. The van der Waals surface area contributed by atoms with E-state index in [1.165, 1.54) is 0 Å². The van der Waals surface area contributed by atoms with Gasteiger partial charge in [0.1, 0.15) is 22.8 Å². The Morgan fingerprint density at radius 3 is 2.50 bits per heavy atom. The summed E-state index contributed by atoms with van der Waals surface area (Å²) in [5.74, 6) is 2.74. The number of nitrogens with one attached hydrogen (secondary N) is 1. The molecule has 0 saturated heterocycles. The van der Waals surface area contributed by atoms with Crippen molar-refractivity contribution in [2.75, 3.05) is 25.3 Å². The Hall–Kier alpha value is -4.59. The highest BCUT2D eigenvalue weighted by molar-refractivity contribution is 5.93. The largest absolute Gasteiger partial charge is 0.497 e. The molecule has 8 heteroatoms. The van der Waals surface area contributed by atoms with Crippen LogP contribution < -0.4 is 20.5 Å². The van der Waals surface area contributed by atoms with Crippen molar-refractivity contribution < 1.29 is 9.47 Å². The smallest absolute Gasteiger partial charge is 0.239 e. The fourth-order valence-electron chi connectivity index (χ4n) is 3.78. The van der Waals surface area contributed by atoms with Gasteiger partial charge in [-0.25, -0.2) is 9.97 Å². The van der Waals surface area contributed by atoms with Crippen LogP contribution in [0.3, 0.4) is 0 Å². The normalized spacial score (nSPS) is 10.9. The van der Waals surface area contributed by atoms with Gasteiger partial charge in [-0.2, -0.15) is 4.98 Å². The van der Waals surface area contributed by atoms with Crippen molar-refractivity contribution in [3.63, 3.8) is 0 Å². The monoisotopic (exact) mass is 452 g/mol. The molecule has 0 aliphatic heterocycles. The summed E-state index contributed by atoms with van der Waals surface area (Å²) in [5.41, 5.74) is 9.70. The molecule has 2 heterocycles. The molecule has 5 rings (SSSR count). The van der Waals surface area contributed by atoms with E-state index in [9.17, 15) is 0 Å². The number of benzene rings is 3. The van der Waals surface area contributed by atoms with E-state index in [-0.39, 0.29) is 5.95 Å². The van der Waals surface area contributed by atoms with Gasteiger partial charge in [-0.1, -0.05) is 48.5 Å². The zero-order valence-electron chi connectivity index (χ0n) is 18.9. The zero-order chi connectivity index (χ0) is 23.5. The number of methoxy groups -OCH3 is 2. The number of nitrogen functional groups attached to an aromatic ring is 1. The van der Waals surface area contributed by atoms with Gasteiger partial charge in [0.15, 0.2) is 0 Å². The zero-order valence-corrected chi connectivity index (χ0v) is 18.9. The highest BCUT2D eigenvalue weighted by Gasteiger charge is 2.16. The lowest BCUT2D eigenvalue weighted by molar-refractivity contribution is 0.415. The first-order valence-electron chi connectivity index (χ1n) is 10.8. The summed E-state index contributed by atoms with van der Waals surface area (Å²) in [4.78, 5) is 14.1. The maximum absolute atomic E-state index is 6.30. The first kappa shape index (κ1) is 21.3. The van der Waals surface area contributed by atoms with Crippen LogP contribution in [-0.4, -0.2) is 33.7 Å². The summed E-state index contributed by atoms with van der Waals surface area (Å²) in [5, 5.41) is 4.29. The Kier molecular flexibility index (Phi) is 5.70. The molecule has 0 amide bonds. The molecule has 0 aliphatic carbocycles. The Morgan fingerprint density at radius 2 is 1.71 bits per heavy atom. The number of fused-ring (bicyclic) bond motifs is 1. The molecule has 34 heavy (non-hydrogen) atoms. The minimum absolute atomic E-state index is 0.279. The van der Waals surface area contributed by atoms with Crippen LogP contribution in [0.1, 0.15) is 5.56 Å². The van der Waals surface area contributed by atoms with Crippen molar-refractivity contribution in [3.8, 4) is 28.7 Å². The summed E-state index contributed by atoms with van der Waals surface area (Å²) >= 11 is 0. The van der Waals surface area contributed by atoms with Crippen LogP contribution >= 0.6 is 0 Å². The van der Waals surface area contributed by atoms with E-state index in [4.69, 9.17) is 25.2 Å². The van der Waals surface area contributed by atoms with E-state index in [1.54, 1.807) is 18.8 Å². The summed E-state index contributed by atoms with van der Waals surface area (Å²) in [6.45, 7) is 0.609. The van der Waals surface area contributed by atoms with Gasteiger partial charge in [0.2, 0.25) is 11.9 Å². The highest BCUT2D eigenvalue weighted by Crippen LogP contribution is 2.31. The van der Waals surface area contributed by atoms with E-state index in [1.807, 2.05) is 66.9 Å². The van der Waals surface area contributed by atoms with Gasteiger partial charge in [-0.15, -0.1) is 0 Å². The molecule has 0 atom stereocenters.